The zero-order chi connectivity index (χ0) is 21.7. The van der Waals surface area contributed by atoms with Gasteiger partial charge in [0.25, 0.3) is 11.8 Å². The van der Waals surface area contributed by atoms with Crippen LogP contribution in [0, 0.1) is 0 Å². The largest absolute Gasteiger partial charge is 0.545 e. The predicted octanol–water partition coefficient (Wildman–Crippen LogP) is 0.918. The van der Waals surface area contributed by atoms with Gasteiger partial charge in [-0.3, -0.25) is 9.59 Å². The molecule has 0 unspecified atom stereocenters. The maximum atomic E-state index is 12.3. The van der Waals surface area contributed by atoms with Gasteiger partial charge in [0.1, 0.15) is 0 Å². The second kappa shape index (κ2) is 8.70. The first kappa shape index (κ1) is 20.3. The Balaban J connectivity index is 1.68. The number of nitrogens with one attached hydrogen (secondary N) is 2. The van der Waals surface area contributed by atoms with Crippen LogP contribution in [0.2, 0.25) is 0 Å². The third-order valence-electron chi connectivity index (χ3n) is 4.12. The Hall–Kier alpha value is -4.46. The van der Waals surface area contributed by atoms with Gasteiger partial charge in [-0.05, 0) is 59.7 Å². The van der Waals surface area contributed by atoms with E-state index in [1.807, 2.05) is 0 Å². The Bertz CT molecular complexity index is 1050. The highest BCUT2D eigenvalue weighted by atomic mass is 16.4. The Kier molecular flexibility index (Phi) is 5.88. The fourth-order valence-electron chi connectivity index (χ4n) is 2.63. The second-order valence-electron chi connectivity index (χ2n) is 6.22. The van der Waals surface area contributed by atoms with Gasteiger partial charge in [0.2, 0.25) is 0 Å². The number of rotatable bonds is 6. The highest BCUT2D eigenvalue weighted by Gasteiger charge is 2.10. The molecule has 3 rings (SSSR count). The summed E-state index contributed by atoms with van der Waals surface area (Å²) < 4.78 is 0. The van der Waals surface area contributed by atoms with Gasteiger partial charge >= 0.3 is 0 Å². The van der Waals surface area contributed by atoms with E-state index in [-0.39, 0.29) is 33.6 Å². The maximum absolute atomic E-state index is 12.3. The molecule has 3 aromatic carbocycles. The molecule has 8 heteroatoms. The molecule has 0 bridgehead atoms. The molecular weight excluding hydrogens is 388 g/mol. The van der Waals surface area contributed by atoms with E-state index in [0.717, 1.165) is 0 Å². The van der Waals surface area contributed by atoms with E-state index in [4.69, 9.17) is 0 Å². The van der Waals surface area contributed by atoms with Crippen LogP contribution in [0.5, 0.6) is 0 Å². The smallest absolute Gasteiger partial charge is 0.255 e. The van der Waals surface area contributed by atoms with Crippen LogP contribution in [0.4, 0.5) is 11.4 Å². The van der Waals surface area contributed by atoms with Crippen molar-refractivity contribution in [2.75, 3.05) is 10.6 Å². The first-order valence-electron chi connectivity index (χ1n) is 8.69. The van der Waals surface area contributed by atoms with Crippen molar-refractivity contribution in [2.45, 2.75) is 0 Å². The number of carbonyl (C=O) groups excluding carboxylic acids is 4. The minimum absolute atomic E-state index is 0.0671. The van der Waals surface area contributed by atoms with Gasteiger partial charge in [0, 0.05) is 22.5 Å². The number of anilines is 2. The lowest BCUT2D eigenvalue weighted by Gasteiger charge is -2.10. The van der Waals surface area contributed by atoms with Crippen molar-refractivity contribution in [2.24, 2.45) is 0 Å². The molecule has 0 atom stereocenters. The van der Waals surface area contributed by atoms with Crippen molar-refractivity contribution in [3.05, 3.63) is 95.1 Å². The third-order valence-corrected chi connectivity index (χ3v) is 4.12. The summed E-state index contributed by atoms with van der Waals surface area (Å²) in [6, 6.07) is 17.0. The SMILES string of the molecule is O=C([O-])c1cccc(NC(=O)c2ccc(C(=O)Nc3cccc(C(=O)[O-])c3)cc2)c1. The van der Waals surface area contributed by atoms with Gasteiger partial charge < -0.3 is 30.4 Å². The average molecular weight is 402 g/mol. The Morgan fingerprint density at radius 2 is 0.900 bits per heavy atom. The van der Waals surface area contributed by atoms with Crippen LogP contribution >= 0.6 is 0 Å². The third kappa shape index (κ3) is 4.87. The lowest BCUT2D eigenvalue weighted by Crippen LogP contribution is -2.22. The number of carboxylic acid groups (broad SMARTS) is 2. The number of benzene rings is 3. The summed E-state index contributed by atoms with van der Waals surface area (Å²) in [5, 5.41) is 26.9. The van der Waals surface area contributed by atoms with E-state index >= 15 is 0 Å². The van der Waals surface area contributed by atoms with E-state index < -0.39 is 23.8 Å². The van der Waals surface area contributed by atoms with Gasteiger partial charge in [-0.25, -0.2) is 0 Å². The Morgan fingerprint density at radius 1 is 0.533 bits per heavy atom. The fraction of sp³-hybridized carbons (Fsp3) is 0. The molecule has 3 aromatic rings. The minimum Gasteiger partial charge on any atom is -0.545 e. The zero-order valence-electron chi connectivity index (χ0n) is 15.4. The second-order valence-corrected chi connectivity index (χ2v) is 6.22. The van der Waals surface area contributed by atoms with E-state index in [2.05, 4.69) is 10.6 Å². The predicted molar refractivity (Wildman–Crippen MR) is 104 cm³/mol. The summed E-state index contributed by atoms with van der Waals surface area (Å²) in [5.41, 5.74) is 0.950. The fourth-order valence-corrected chi connectivity index (χ4v) is 2.63. The van der Waals surface area contributed by atoms with Crippen LogP contribution in [-0.4, -0.2) is 23.8 Å². The van der Waals surface area contributed by atoms with E-state index in [1.54, 1.807) is 0 Å². The van der Waals surface area contributed by atoms with E-state index in [0.29, 0.717) is 0 Å². The summed E-state index contributed by atoms with van der Waals surface area (Å²) in [4.78, 5) is 46.5. The number of hydrogen-bond donors (Lipinski definition) is 2. The van der Waals surface area contributed by atoms with Gasteiger partial charge in [-0.2, -0.15) is 0 Å². The molecule has 0 aromatic heterocycles. The number of hydrogen-bond acceptors (Lipinski definition) is 6. The van der Waals surface area contributed by atoms with E-state index in [1.165, 1.54) is 72.8 Å². The molecule has 0 heterocycles. The highest BCUT2D eigenvalue weighted by Crippen LogP contribution is 2.15. The topological polar surface area (TPSA) is 138 Å². The van der Waals surface area contributed by atoms with Gasteiger partial charge in [-0.1, -0.05) is 24.3 Å². The summed E-state index contributed by atoms with van der Waals surface area (Å²) in [6.07, 6.45) is 0. The normalized spacial score (nSPS) is 10.1. The monoisotopic (exact) mass is 402 g/mol. The Labute approximate surface area is 170 Å². The van der Waals surface area contributed by atoms with Crippen LogP contribution in [0.15, 0.2) is 72.8 Å². The first-order chi connectivity index (χ1) is 14.3. The molecule has 2 amide bonds. The molecule has 2 N–H and O–H groups in total. The number of aromatic carboxylic acids is 2. The molecule has 150 valence electrons. The Morgan fingerprint density at radius 3 is 1.23 bits per heavy atom. The van der Waals surface area contributed by atoms with Crippen molar-refractivity contribution in [3.63, 3.8) is 0 Å². The molecule has 0 radical (unpaired) electrons. The molecule has 0 aliphatic carbocycles. The van der Waals surface area contributed by atoms with Crippen molar-refractivity contribution in [3.8, 4) is 0 Å². The summed E-state index contributed by atoms with van der Waals surface area (Å²) >= 11 is 0. The number of carboxylic acids is 2. The molecular formula is C22H14N2O6-2. The van der Waals surface area contributed by atoms with Crippen LogP contribution in [0.3, 0.4) is 0 Å². The quantitative estimate of drug-likeness (QED) is 0.629. The maximum Gasteiger partial charge on any atom is 0.255 e. The summed E-state index contributed by atoms with van der Waals surface area (Å²) in [6.45, 7) is 0. The molecule has 0 aliphatic heterocycles. The van der Waals surface area contributed by atoms with Crippen molar-refractivity contribution in [1.29, 1.82) is 0 Å². The van der Waals surface area contributed by atoms with Crippen LogP contribution < -0.4 is 20.8 Å². The molecule has 0 spiro atoms. The number of carbonyl (C=O) groups is 4. The lowest BCUT2D eigenvalue weighted by molar-refractivity contribution is -0.256. The summed E-state index contributed by atoms with van der Waals surface area (Å²) in [7, 11) is 0. The van der Waals surface area contributed by atoms with Crippen LogP contribution in [0.25, 0.3) is 0 Å². The highest BCUT2D eigenvalue weighted by molar-refractivity contribution is 6.07. The lowest BCUT2D eigenvalue weighted by atomic mass is 10.1. The van der Waals surface area contributed by atoms with Gasteiger partial charge in [0.15, 0.2) is 0 Å². The standard InChI is InChI=1S/C22H16N2O6/c25-19(23-17-5-1-3-15(11-17)21(27)28)13-7-9-14(10-8-13)20(26)24-18-6-2-4-16(12-18)22(29)30/h1-12H,(H,23,25)(H,24,26)(H,27,28)(H,29,30)/p-2. The molecule has 0 saturated heterocycles. The first-order valence-corrected chi connectivity index (χ1v) is 8.69. The molecule has 8 nitrogen and oxygen atoms in total. The summed E-state index contributed by atoms with van der Waals surface area (Å²) in [5.74, 6) is -3.68. The van der Waals surface area contributed by atoms with Gasteiger partial charge in [-0.15, -0.1) is 0 Å². The van der Waals surface area contributed by atoms with E-state index in [9.17, 15) is 29.4 Å². The van der Waals surface area contributed by atoms with Gasteiger partial charge in [0.05, 0.1) is 11.9 Å². The molecule has 30 heavy (non-hydrogen) atoms. The van der Waals surface area contributed by atoms with Crippen molar-refractivity contribution in [1.82, 2.24) is 0 Å². The minimum atomic E-state index is -1.35. The zero-order valence-corrected chi connectivity index (χ0v) is 15.4. The number of amides is 2. The molecule has 0 fully saturated rings. The van der Waals surface area contributed by atoms with Crippen molar-refractivity contribution >= 4 is 35.1 Å². The van der Waals surface area contributed by atoms with Crippen LogP contribution in [0.1, 0.15) is 41.4 Å². The molecule has 0 saturated carbocycles. The van der Waals surface area contributed by atoms with Crippen LogP contribution in [-0.2, 0) is 0 Å². The van der Waals surface area contributed by atoms with Crippen molar-refractivity contribution < 1.29 is 29.4 Å². The molecule has 0 aliphatic rings. The average Bonchev–Trinajstić information content (AvgIpc) is 2.74.